The summed E-state index contributed by atoms with van der Waals surface area (Å²) in [6.07, 6.45) is 12.5. The lowest BCUT2D eigenvalue weighted by molar-refractivity contribution is -0.150. The zero-order chi connectivity index (χ0) is 28.0. The van der Waals surface area contributed by atoms with Crippen molar-refractivity contribution in [2.75, 3.05) is 0 Å². The normalized spacial score (nSPS) is 39.8. The lowest BCUT2D eigenvalue weighted by Gasteiger charge is -2.58. The van der Waals surface area contributed by atoms with E-state index in [9.17, 15) is 9.90 Å². The van der Waals surface area contributed by atoms with Crippen LogP contribution in [0.1, 0.15) is 77.2 Å². The lowest BCUT2D eigenvalue weighted by Crippen LogP contribution is -2.54. The topological polar surface area (TPSA) is 58.9 Å². The van der Waals surface area contributed by atoms with E-state index < -0.39 is 5.60 Å². The first kappa shape index (κ1) is 25.7. The Hall–Kier alpha value is -2.98. The van der Waals surface area contributed by atoms with E-state index in [0.717, 1.165) is 56.1 Å². The Morgan fingerprint density at radius 3 is 2.56 bits per heavy atom. The predicted molar refractivity (Wildman–Crippen MR) is 164 cm³/mol. The van der Waals surface area contributed by atoms with Crippen LogP contribution in [0.2, 0.25) is 0 Å². The van der Waals surface area contributed by atoms with Crippen LogP contribution < -0.4 is 0 Å². The molecule has 0 saturated heterocycles. The van der Waals surface area contributed by atoms with Crippen molar-refractivity contribution in [1.82, 2.24) is 0 Å². The van der Waals surface area contributed by atoms with Crippen molar-refractivity contribution >= 4 is 33.5 Å². The number of carbonyl (C=O) groups is 1. The molecule has 3 aromatic rings. The number of aldehydes is 1. The van der Waals surface area contributed by atoms with Gasteiger partial charge in [-0.05, 0) is 114 Å². The van der Waals surface area contributed by atoms with Gasteiger partial charge in [-0.1, -0.05) is 73.1 Å². The Labute approximate surface area is 242 Å². The van der Waals surface area contributed by atoms with Gasteiger partial charge >= 0.3 is 0 Å². The quantitative estimate of drug-likeness (QED) is 0.205. The molecule has 4 heteroatoms. The molecule has 1 aliphatic heterocycles. The average Bonchev–Trinajstić information content (AvgIpc) is 3.58. The number of fused-ring (bicyclic) bond motifs is 7. The first-order chi connectivity index (χ1) is 19.8. The van der Waals surface area contributed by atoms with Gasteiger partial charge in [0.05, 0.1) is 11.8 Å². The molecule has 3 saturated carbocycles. The van der Waals surface area contributed by atoms with Gasteiger partial charge < -0.3 is 9.94 Å². The zero-order valence-electron chi connectivity index (χ0n) is 24.3. The van der Waals surface area contributed by atoms with Gasteiger partial charge in [0.25, 0.3) is 0 Å². The van der Waals surface area contributed by atoms with Crippen LogP contribution in [0.15, 0.2) is 71.4 Å². The van der Waals surface area contributed by atoms with E-state index in [-0.39, 0.29) is 22.9 Å². The fraction of sp³-hybridized carbons (Fsp3) is 0.514. The third-order valence-corrected chi connectivity index (χ3v) is 12.7. The molecule has 212 valence electrons. The van der Waals surface area contributed by atoms with Crippen molar-refractivity contribution in [3.63, 3.8) is 0 Å². The monoisotopic (exact) mass is 547 g/mol. The van der Waals surface area contributed by atoms with E-state index >= 15 is 0 Å². The molecule has 3 fully saturated rings. The van der Waals surface area contributed by atoms with Gasteiger partial charge in [-0.2, -0.15) is 0 Å². The summed E-state index contributed by atoms with van der Waals surface area (Å²) in [5, 5.41) is 19.8. The molecule has 0 amide bonds. The minimum Gasteiger partial charge on any atom is -0.393 e. The largest absolute Gasteiger partial charge is 0.393 e. The van der Waals surface area contributed by atoms with E-state index in [0.29, 0.717) is 24.2 Å². The fourth-order valence-corrected chi connectivity index (χ4v) is 10.6. The molecule has 4 aliphatic carbocycles. The highest BCUT2D eigenvalue weighted by Gasteiger charge is 2.64. The van der Waals surface area contributed by atoms with Crippen LogP contribution in [-0.4, -0.2) is 28.8 Å². The first-order valence-electron chi connectivity index (χ1n) is 15.9. The molecule has 0 aromatic heterocycles. The number of rotatable bonds is 3. The van der Waals surface area contributed by atoms with Crippen molar-refractivity contribution in [2.24, 2.45) is 39.7 Å². The SMILES string of the molecule is C[C@]12CC[C@@H](O)CC1=CC[C@@H]1[C@@H]2CC[C@]2(C)C(C3(C=O)CC(c4cccc5cc6ccccc6cc45)=NO3)CC[C@@H]12. The Morgan fingerprint density at radius 1 is 0.927 bits per heavy atom. The molecule has 41 heavy (non-hydrogen) atoms. The molecule has 8 rings (SSSR count). The number of benzene rings is 3. The Bertz CT molecular complexity index is 1620. The van der Waals surface area contributed by atoms with Crippen molar-refractivity contribution in [3.05, 3.63) is 71.8 Å². The van der Waals surface area contributed by atoms with Crippen molar-refractivity contribution < 1.29 is 14.7 Å². The molecule has 1 N–H and O–H groups in total. The summed E-state index contributed by atoms with van der Waals surface area (Å²) in [7, 11) is 0. The van der Waals surface area contributed by atoms with E-state index in [1.54, 1.807) is 0 Å². The maximum absolute atomic E-state index is 13.1. The number of allylic oxidation sites excluding steroid dienone is 1. The summed E-state index contributed by atoms with van der Waals surface area (Å²) in [6.45, 7) is 4.95. The van der Waals surface area contributed by atoms with E-state index in [1.165, 1.54) is 40.0 Å². The molecule has 0 radical (unpaired) electrons. The number of hydrogen-bond donors (Lipinski definition) is 1. The third kappa shape index (κ3) is 3.62. The summed E-state index contributed by atoms with van der Waals surface area (Å²) in [5.74, 6) is 2.10. The van der Waals surface area contributed by atoms with Crippen LogP contribution in [0.3, 0.4) is 0 Å². The van der Waals surface area contributed by atoms with Crippen LogP contribution in [0.25, 0.3) is 21.5 Å². The van der Waals surface area contributed by atoms with Crippen molar-refractivity contribution in [2.45, 2.75) is 83.3 Å². The van der Waals surface area contributed by atoms with Gasteiger partial charge in [0.2, 0.25) is 5.60 Å². The maximum atomic E-state index is 13.1. The van der Waals surface area contributed by atoms with Gasteiger partial charge in [0.15, 0.2) is 6.29 Å². The number of aliphatic hydroxyl groups excluding tert-OH is 1. The minimum atomic E-state index is -0.890. The number of hydrogen-bond acceptors (Lipinski definition) is 4. The average molecular weight is 548 g/mol. The summed E-state index contributed by atoms with van der Waals surface area (Å²) in [5.41, 5.74) is 2.90. The smallest absolute Gasteiger partial charge is 0.201 e. The second kappa shape index (κ2) is 9.01. The van der Waals surface area contributed by atoms with Crippen molar-refractivity contribution in [1.29, 1.82) is 0 Å². The summed E-state index contributed by atoms with van der Waals surface area (Å²) in [6, 6.07) is 19.4. The Morgan fingerprint density at radius 2 is 1.73 bits per heavy atom. The first-order valence-corrected chi connectivity index (χ1v) is 15.9. The van der Waals surface area contributed by atoms with Crippen LogP contribution in [-0.2, 0) is 9.63 Å². The molecular formula is C37H41NO3. The Balaban J connectivity index is 1.10. The van der Waals surface area contributed by atoms with Gasteiger partial charge in [-0.3, -0.25) is 4.79 Å². The molecule has 2 unspecified atom stereocenters. The van der Waals surface area contributed by atoms with Gasteiger partial charge in [0.1, 0.15) is 0 Å². The van der Waals surface area contributed by atoms with Gasteiger partial charge in [0, 0.05) is 17.9 Å². The molecule has 0 spiro atoms. The van der Waals surface area contributed by atoms with Gasteiger partial charge in [-0.15, -0.1) is 0 Å². The fourth-order valence-electron chi connectivity index (χ4n) is 10.6. The second-order valence-corrected chi connectivity index (χ2v) is 14.4. The van der Waals surface area contributed by atoms with Crippen LogP contribution in [0.5, 0.6) is 0 Å². The molecule has 3 aromatic carbocycles. The number of oxime groups is 1. The van der Waals surface area contributed by atoms with Crippen molar-refractivity contribution in [3.8, 4) is 0 Å². The van der Waals surface area contributed by atoms with Crippen LogP contribution in [0, 0.1) is 34.5 Å². The number of carbonyl (C=O) groups excluding carboxylic acids is 1. The predicted octanol–water partition coefficient (Wildman–Crippen LogP) is 8.00. The standard InChI is InChI=1S/C37H41NO3/c1-35-16-14-27(40)20-26(35)10-11-29-31-12-13-34(36(31,2)17-15-32(29)35)37(22-39)21-33(38-41-37)28-9-5-8-25-18-23-6-3-4-7-24(23)19-30(25)28/h3-10,18-19,22,27,29,31-32,34,40H,11-17,20-21H2,1-2H3/t27-,29+,31+,32+,34?,35+,36+,37?/m1/s1. The maximum Gasteiger partial charge on any atom is 0.201 e. The Kier molecular flexibility index (Phi) is 5.65. The lowest BCUT2D eigenvalue weighted by atomic mass is 9.46. The highest BCUT2D eigenvalue weighted by molar-refractivity contribution is 6.14. The second-order valence-electron chi connectivity index (χ2n) is 14.4. The minimum absolute atomic E-state index is 0.0673. The summed E-state index contributed by atoms with van der Waals surface area (Å²) in [4.78, 5) is 19.4. The number of nitrogens with zero attached hydrogens (tertiary/aromatic N) is 1. The number of aliphatic hydroxyl groups is 1. The molecular weight excluding hydrogens is 506 g/mol. The molecule has 4 nitrogen and oxygen atoms in total. The van der Waals surface area contributed by atoms with E-state index in [1.807, 2.05) is 0 Å². The van der Waals surface area contributed by atoms with Crippen LogP contribution >= 0.6 is 0 Å². The molecule has 5 aliphatic rings. The molecule has 1 heterocycles. The van der Waals surface area contributed by atoms with E-state index in [2.05, 4.69) is 79.7 Å². The molecule has 8 atom stereocenters. The summed E-state index contributed by atoms with van der Waals surface area (Å²) < 4.78 is 0. The van der Waals surface area contributed by atoms with Crippen LogP contribution in [0.4, 0.5) is 0 Å². The third-order valence-electron chi connectivity index (χ3n) is 12.7. The van der Waals surface area contributed by atoms with Gasteiger partial charge in [-0.25, -0.2) is 0 Å². The summed E-state index contributed by atoms with van der Waals surface area (Å²) >= 11 is 0. The zero-order valence-corrected chi connectivity index (χ0v) is 24.3. The highest BCUT2D eigenvalue weighted by atomic mass is 16.7. The van der Waals surface area contributed by atoms with E-state index in [4.69, 9.17) is 4.84 Å². The highest BCUT2D eigenvalue weighted by Crippen LogP contribution is 2.68. The molecule has 0 bridgehead atoms.